The topological polar surface area (TPSA) is 58.6 Å². The fourth-order valence-corrected chi connectivity index (χ4v) is 2.08. The molecule has 2 rings (SSSR count). The van der Waals surface area contributed by atoms with Crippen LogP contribution in [0.2, 0.25) is 0 Å². The maximum Gasteiger partial charge on any atom is 0.418 e. The zero-order valence-electron chi connectivity index (χ0n) is 11.3. The average Bonchev–Trinajstić information content (AvgIpc) is 2.66. The van der Waals surface area contributed by atoms with Gasteiger partial charge in [0.1, 0.15) is 6.10 Å². The number of ether oxygens (including phenoxy) is 1. The predicted octanol–water partition coefficient (Wildman–Crippen LogP) is 3.01. The number of alkyl halides is 3. The Balaban J connectivity index is 2.45. The van der Waals surface area contributed by atoms with E-state index in [9.17, 15) is 22.8 Å². The van der Waals surface area contributed by atoms with Crippen molar-refractivity contribution in [2.45, 2.75) is 26.1 Å². The number of hydrogen-bond acceptors (Lipinski definition) is 3. The fraction of sp³-hybridized carbons (Fsp3) is 0.385. The van der Waals surface area contributed by atoms with E-state index in [0.29, 0.717) is 0 Å². The highest BCUT2D eigenvalue weighted by Gasteiger charge is 2.39. The summed E-state index contributed by atoms with van der Waals surface area (Å²) >= 11 is 0. The van der Waals surface area contributed by atoms with Crippen molar-refractivity contribution in [1.29, 1.82) is 0 Å². The van der Waals surface area contributed by atoms with Gasteiger partial charge in [0.15, 0.2) is 0 Å². The molecule has 1 saturated heterocycles. The van der Waals surface area contributed by atoms with Crippen LogP contribution in [-0.4, -0.2) is 24.6 Å². The lowest BCUT2D eigenvalue weighted by molar-refractivity contribution is -0.137. The minimum Gasteiger partial charge on any atom is -0.444 e. The molecule has 1 atom stereocenters. The molecule has 0 spiro atoms. The van der Waals surface area contributed by atoms with E-state index in [-0.39, 0.29) is 17.9 Å². The number of carbonyl (C=O) groups excluding carboxylic acids is 2. The smallest absolute Gasteiger partial charge is 0.418 e. The first-order valence-corrected chi connectivity index (χ1v) is 6.15. The lowest BCUT2D eigenvalue weighted by atomic mass is 10.1. The molecular weight excluding hydrogens is 289 g/mol. The number of cyclic esters (lactones) is 1. The second-order valence-electron chi connectivity index (χ2n) is 4.72. The van der Waals surface area contributed by atoms with E-state index >= 15 is 0 Å². The van der Waals surface area contributed by atoms with Gasteiger partial charge in [0.2, 0.25) is 5.91 Å². The maximum absolute atomic E-state index is 13.2. The van der Waals surface area contributed by atoms with Gasteiger partial charge in [0.25, 0.3) is 0 Å². The van der Waals surface area contributed by atoms with Gasteiger partial charge in [0.05, 0.1) is 17.8 Å². The second-order valence-corrected chi connectivity index (χ2v) is 4.72. The van der Waals surface area contributed by atoms with Gasteiger partial charge in [0, 0.05) is 12.6 Å². The minimum absolute atomic E-state index is 0.0131. The van der Waals surface area contributed by atoms with Gasteiger partial charge in [-0.05, 0) is 25.1 Å². The van der Waals surface area contributed by atoms with Gasteiger partial charge >= 0.3 is 12.3 Å². The molecule has 21 heavy (non-hydrogen) atoms. The molecule has 1 aliphatic heterocycles. The van der Waals surface area contributed by atoms with Crippen molar-refractivity contribution in [3.8, 4) is 0 Å². The van der Waals surface area contributed by atoms with Crippen LogP contribution in [0.5, 0.6) is 0 Å². The fourth-order valence-electron chi connectivity index (χ4n) is 2.08. The highest BCUT2D eigenvalue weighted by atomic mass is 19.4. The third kappa shape index (κ3) is 3.26. The molecule has 1 aliphatic rings. The Labute approximate surface area is 118 Å². The van der Waals surface area contributed by atoms with Crippen LogP contribution in [0.25, 0.3) is 0 Å². The Bertz CT molecular complexity index is 587. The maximum atomic E-state index is 13.2. The highest BCUT2D eigenvalue weighted by molar-refractivity contribution is 5.93. The van der Waals surface area contributed by atoms with Gasteiger partial charge in [-0.15, -0.1) is 0 Å². The van der Waals surface area contributed by atoms with Crippen molar-refractivity contribution in [3.63, 3.8) is 0 Å². The summed E-state index contributed by atoms with van der Waals surface area (Å²) in [5.41, 5.74) is -1.27. The number of nitrogens with zero attached hydrogens (tertiary/aromatic N) is 1. The number of halogens is 3. The molecule has 1 aromatic carbocycles. The van der Waals surface area contributed by atoms with E-state index in [0.717, 1.165) is 17.0 Å². The Kier molecular flexibility index (Phi) is 3.80. The zero-order chi connectivity index (χ0) is 15.8. The van der Waals surface area contributed by atoms with E-state index in [1.54, 1.807) is 6.92 Å². The van der Waals surface area contributed by atoms with E-state index in [1.165, 1.54) is 13.0 Å². The Morgan fingerprint density at radius 1 is 1.43 bits per heavy atom. The number of carbonyl (C=O) groups is 2. The standard InChI is InChI=1S/C13H13F3N2O3/c1-7-6-18(12(20)21-7)11-4-3-9(17-8(2)19)5-10(11)13(14,15)16/h3-5,7H,6H2,1-2H3,(H,17,19). The van der Waals surface area contributed by atoms with Crippen molar-refractivity contribution in [2.24, 2.45) is 0 Å². The van der Waals surface area contributed by atoms with Gasteiger partial charge in [-0.25, -0.2) is 4.79 Å². The Hall–Kier alpha value is -2.25. The molecule has 1 unspecified atom stereocenters. The monoisotopic (exact) mass is 302 g/mol. The van der Waals surface area contributed by atoms with Crippen molar-refractivity contribution < 1.29 is 27.5 Å². The average molecular weight is 302 g/mol. The normalized spacial score (nSPS) is 18.6. The number of amides is 2. The van der Waals surface area contributed by atoms with Crippen LogP contribution in [0.15, 0.2) is 18.2 Å². The molecular formula is C13H13F3N2O3. The van der Waals surface area contributed by atoms with Crippen molar-refractivity contribution in [3.05, 3.63) is 23.8 Å². The van der Waals surface area contributed by atoms with Gasteiger partial charge in [-0.1, -0.05) is 0 Å². The zero-order valence-corrected chi connectivity index (χ0v) is 11.3. The molecule has 0 bridgehead atoms. The highest BCUT2D eigenvalue weighted by Crippen LogP contribution is 2.39. The lowest BCUT2D eigenvalue weighted by Gasteiger charge is -2.20. The van der Waals surface area contributed by atoms with E-state index < -0.39 is 29.8 Å². The largest absolute Gasteiger partial charge is 0.444 e. The lowest BCUT2D eigenvalue weighted by Crippen LogP contribution is -2.27. The molecule has 1 heterocycles. The van der Waals surface area contributed by atoms with Crippen LogP contribution < -0.4 is 10.2 Å². The number of hydrogen-bond donors (Lipinski definition) is 1. The minimum atomic E-state index is -4.66. The summed E-state index contributed by atoms with van der Waals surface area (Å²) in [4.78, 5) is 23.5. The van der Waals surface area contributed by atoms with E-state index in [4.69, 9.17) is 4.74 Å². The summed E-state index contributed by atoms with van der Waals surface area (Å²) in [6.45, 7) is 2.83. The summed E-state index contributed by atoms with van der Waals surface area (Å²) in [7, 11) is 0. The molecule has 0 saturated carbocycles. The molecule has 1 aromatic rings. The molecule has 0 aromatic heterocycles. The molecule has 0 radical (unpaired) electrons. The van der Waals surface area contributed by atoms with Crippen LogP contribution in [0.1, 0.15) is 19.4 Å². The second kappa shape index (κ2) is 5.27. The molecule has 1 N–H and O–H groups in total. The number of benzene rings is 1. The summed E-state index contributed by atoms with van der Waals surface area (Å²) in [6, 6.07) is 3.25. The van der Waals surface area contributed by atoms with Crippen LogP contribution in [0, 0.1) is 0 Å². The molecule has 8 heteroatoms. The molecule has 0 aliphatic carbocycles. The SMILES string of the molecule is CC(=O)Nc1ccc(N2CC(C)OC2=O)c(C(F)(F)F)c1. The van der Waals surface area contributed by atoms with E-state index in [1.807, 2.05) is 0 Å². The summed E-state index contributed by atoms with van der Waals surface area (Å²) in [5.74, 6) is -0.481. The predicted molar refractivity (Wildman–Crippen MR) is 69.0 cm³/mol. The molecule has 5 nitrogen and oxygen atoms in total. The Morgan fingerprint density at radius 3 is 2.57 bits per heavy atom. The molecule has 114 valence electrons. The first-order chi connectivity index (χ1) is 9.68. The third-order valence-electron chi connectivity index (χ3n) is 2.88. The van der Waals surface area contributed by atoms with Gasteiger partial charge in [-0.3, -0.25) is 9.69 Å². The van der Waals surface area contributed by atoms with Crippen LogP contribution in [0.3, 0.4) is 0 Å². The summed E-state index contributed by atoms with van der Waals surface area (Å²) in [5, 5.41) is 2.28. The van der Waals surface area contributed by atoms with Crippen LogP contribution in [-0.2, 0) is 15.7 Å². The molecule has 1 fully saturated rings. The van der Waals surface area contributed by atoms with Gasteiger partial charge in [-0.2, -0.15) is 13.2 Å². The summed E-state index contributed by atoms with van der Waals surface area (Å²) in [6.07, 6.45) is -5.95. The first kappa shape index (κ1) is 15.1. The number of rotatable bonds is 2. The number of nitrogens with one attached hydrogen (secondary N) is 1. The van der Waals surface area contributed by atoms with E-state index in [2.05, 4.69) is 5.32 Å². The van der Waals surface area contributed by atoms with Crippen molar-refractivity contribution in [1.82, 2.24) is 0 Å². The third-order valence-corrected chi connectivity index (χ3v) is 2.88. The molecule has 2 amide bonds. The first-order valence-electron chi connectivity index (χ1n) is 6.15. The van der Waals surface area contributed by atoms with Crippen molar-refractivity contribution in [2.75, 3.05) is 16.8 Å². The quantitative estimate of drug-likeness (QED) is 0.913. The number of anilines is 2. The van der Waals surface area contributed by atoms with Crippen LogP contribution in [0.4, 0.5) is 29.3 Å². The van der Waals surface area contributed by atoms with Gasteiger partial charge < -0.3 is 10.1 Å². The Morgan fingerprint density at radius 2 is 2.10 bits per heavy atom. The van der Waals surface area contributed by atoms with Crippen LogP contribution >= 0.6 is 0 Å². The van der Waals surface area contributed by atoms with Crippen molar-refractivity contribution >= 4 is 23.4 Å². The summed E-state index contributed by atoms with van der Waals surface area (Å²) < 4.78 is 44.3.